The summed E-state index contributed by atoms with van der Waals surface area (Å²) < 4.78 is 19.6. The topological polar surface area (TPSA) is 126 Å². The number of benzene rings is 1. The lowest BCUT2D eigenvalue weighted by atomic mass is 9.94. The van der Waals surface area contributed by atoms with Gasteiger partial charge in [-0.1, -0.05) is 0 Å². The first-order chi connectivity index (χ1) is 13.9. The number of ether oxygens (including phenoxy) is 1. The normalized spacial score (nSPS) is 18.7. The van der Waals surface area contributed by atoms with Crippen molar-refractivity contribution in [2.24, 2.45) is 11.7 Å². The summed E-state index contributed by atoms with van der Waals surface area (Å²) in [6, 6.07) is 7.44. The van der Waals surface area contributed by atoms with E-state index in [-0.39, 0.29) is 36.4 Å². The Morgan fingerprint density at radius 3 is 2.76 bits per heavy atom. The van der Waals surface area contributed by atoms with Crippen molar-refractivity contribution in [2.75, 3.05) is 25.0 Å². The van der Waals surface area contributed by atoms with E-state index >= 15 is 0 Å². The maximum absolute atomic E-state index is 13.1. The third kappa shape index (κ3) is 4.45. The molecule has 2 atom stereocenters. The zero-order valence-corrected chi connectivity index (χ0v) is 15.8. The van der Waals surface area contributed by atoms with Gasteiger partial charge in [0.2, 0.25) is 0 Å². The molecule has 0 unspecified atom stereocenters. The Morgan fingerprint density at radius 1 is 1.41 bits per heavy atom. The molecule has 1 aliphatic rings. The second-order valence-electron chi connectivity index (χ2n) is 6.60. The molecule has 9 nitrogen and oxygen atoms in total. The summed E-state index contributed by atoms with van der Waals surface area (Å²) in [6.07, 6.45) is 1.50. The fourth-order valence-corrected chi connectivity index (χ4v) is 3.27. The van der Waals surface area contributed by atoms with E-state index in [1.54, 1.807) is 6.92 Å². The number of rotatable bonds is 5. The number of hydrogen-bond donors (Lipinski definition) is 2. The van der Waals surface area contributed by atoms with Crippen LogP contribution in [0.5, 0.6) is 0 Å². The molecule has 152 valence electrons. The zero-order chi connectivity index (χ0) is 21.0. The highest BCUT2D eigenvalue weighted by Gasteiger charge is 2.34. The van der Waals surface area contributed by atoms with Crippen LogP contribution in [0.15, 0.2) is 30.5 Å². The standard InChI is InChI=1S/C19H21FN6O3/c1-2-29-19(28)25-8-7-16(12(9-21)10-25)26-11-15(17(22)27)18(24-26)23-14-5-3-13(20)4-6-14/h3-6,11-12,16H,2,7-8,10H2,1H3,(H2,22,27)(H,23,24)/t12-,16+/m0/s1. The first-order valence-corrected chi connectivity index (χ1v) is 9.15. The summed E-state index contributed by atoms with van der Waals surface area (Å²) >= 11 is 0. The molecular formula is C19H21FN6O3. The van der Waals surface area contributed by atoms with Crippen LogP contribution in [-0.2, 0) is 4.74 Å². The number of anilines is 2. The minimum Gasteiger partial charge on any atom is -0.450 e. The van der Waals surface area contributed by atoms with Gasteiger partial charge in [-0.15, -0.1) is 0 Å². The van der Waals surface area contributed by atoms with Gasteiger partial charge in [-0.2, -0.15) is 10.4 Å². The molecule has 1 saturated heterocycles. The number of piperidine rings is 1. The largest absolute Gasteiger partial charge is 0.450 e. The summed E-state index contributed by atoms with van der Waals surface area (Å²) in [5.74, 6) is -1.39. The highest BCUT2D eigenvalue weighted by molar-refractivity contribution is 5.98. The molecule has 29 heavy (non-hydrogen) atoms. The third-order valence-electron chi connectivity index (χ3n) is 4.71. The molecule has 0 spiro atoms. The van der Waals surface area contributed by atoms with E-state index in [0.717, 1.165) is 0 Å². The Morgan fingerprint density at radius 2 is 2.14 bits per heavy atom. The zero-order valence-electron chi connectivity index (χ0n) is 15.8. The van der Waals surface area contributed by atoms with E-state index in [1.165, 1.54) is 40.0 Å². The second kappa shape index (κ2) is 8.60. The Hall–Kier alpha value is -3.61. The highest BCUT2D eigenvalue weighted by Crippen LogP contribution is 2.30. The van der Waals surface area contributed by atoms with Crippen molar-refractivity contribution in [1.29, 1.82) is 5.26 Å². The molecule has 1 aliphatic heterocycles. The minimum atomic E-state index is -0.682. The van der Waals surface area contributed by atoms with Crippen LogP contribution in [-0.4, -0.2) is 46.4 Å². The number of carbonyl (C=O) groups excluding carboxylic acids is 2. The number of nitriles is 1. The number of halogens is 1. The number of hydrogen-bond acceptors (Lipinski definition) is 6. The Balaban J connectivity index is 1.83. The number of likely N-dealkylation sites (tertiary alicyclic amines) is 1. The first-order valence-electron chi connectivity index (χ1n) is 9.15. The summed E-state index contributed by atoms with van der Waals surface area (Å²) in [5.41, 5.74) is 6.16. The summed E-state index contributed by atoms with van der Waals surface area (Å²) in [7, 11) is 0. The predicted molar refractivity (Wildman–Crippen MR) is 102 cm³/mol. The predicted octanol–water partition coefficient (Wildman–Crippen LogP) is 2.41. The van der Waals surface area contributed by atoms with E-state index in [4.69, 9.17) is 10.5 Å². The summed E-state index contributed by atoms with van der Waals surface area (Å²) in [4.78, 5) is 25.3. The van der Waals surface area contributed by atoms with Crippen LogP contribution in [0.3, 0.4) is 0 Å². The van der Waals surface area contributed by atoms with Gasteiger partial charge in [0.25, 0.3) is 5.91 Å². The van der Waals surface area contributed by atoms with Gasteiger partial charge in [-0.05, 0) is 37.6 Å². The fourth-order valence-electron chi connectivity index (χ4n) is 3.27. The van der Waals surface area contributed by atoms with Crippen LogP contribution in [0, 0.1) is 23.1 Å². The van der Waals surface area contributed by atoms with E-state index in [2.05, 4.69) is 16.5 Å². The molecule has 3 N–H and O–H groups in total. The monoisotopic (exact) mass is 400 g/mol. The van der Waals surface area contributed by atoms with Crippen molar-refractivity contribution in [2.45, 2.75) is 19.4 Å². The molecule has 10 heteroatoms. The number of aromatic nitrogens is 2. The van der Waals surface area contributed by atoms with Crippen LogP contribution in [0.25, 0.3) is 0 Å². The number of amides is 2. The van der Waals surface area contributed by atoms with Gasteiger partial charge in [0.1, 0.15) is 11.4 Å². The van der Waals surface area contributed by atoms with Crippen molar-refractivity contribution in [3.8, 4) is 6.07 Å². The molecule has 1 aromatic heterocycles. The minimum absolute atomic E-state index is 0.152. The molecule has 3 rings (SSSR count). The molecule has 1 fully saturated rings. The molecule has 1 aromatic carbocycles. The van der Waals surface area contributed by atoms with Crippen LogP contribution in [0.1, 0.15) is 29.7 Å². The summed E-state index contributed by atoms with van der Waals surface area (Å²) in [5, 5.41) is 16.9. The molecule has 0 aliphatic carbocycles. The lowest BCUT2D eigenvalue weighted by Gasteiger charge is -2.34. The molecule has 2 amide bonds. The van der Waals surface area contributed by atoms with Crippen molar-refractivity contribution < 1.29 is 18.7 Å². The van der Waals surface area contributed by atoms with Gasteiger partial charge in [-0.3, -0.25) is 9.48 Å². The summed E-state index contributed by atoms with van der Waals surface area (Å²) in [6.45, 7) is 2.58. The van der Waals surface area contributed by atoms with Crippen molar-refractivity contribution in [1.82, 2.24) is 14.7 Å². The van der Waals surface area contributed by atoms with Gasteiger partial charge in [0.05, 0.1) is 24.6 Å². The highest BCUT2D eigenvalue weighted by atomic mass is 19.1. The maximum atomic E-state index is 13.1. The molecule has 0 bridgehead atoms. The average molecular weight is 400 g/mol. The van der Waals surface area contributed by atoms with Gasteiger partial charge in [-0.25, -0.2) is 9.18 Å². The molecule has 2 heterocycles. The number of nitrogens with one attached hydrogen (secondary N) is 1. The second-order valence-corrected chi connectivity index (χ2v) is 6.60. The molecule has 0 saturated carbocycles. The quantitative estimate of drug-likeness (QED) is 0.794. The fraction of sp³-hybridized carbons (Fsp3) is 0.368. The van der Waals surface area contributed by atoms with Crippen molar-refractivity contribution in [3.05, 3.63) is 41.8 Å². The van der Waals surface area contributed by atoms with Gasteiger partial charge >= 0.3 is 6.09 Å². The van der Waals surface area contributed by atoms with Crippen LogP contribution in [0.4, 0.5) is 20.7 Å². The Bertz CT molecular complexity index is 936. The van der Waals surface area contributed by atoms with E-state index < -0.39 is 17.9 Å². The Labute approximate surface area is 166 Å². The number of nitrogens with zero attached hydrogens (tertiary/aromatic N) is 4. The van der Waals surface area contributed by atoms with Gasteiger partial charge < -0.3 is 20.7 Å². The number of carbonyl (C=O) groups is 2. The molecular weight excluding hydrogens is 379 g/mol. The SMILES string of the molecule is CCOC(=O)N1CC[C@@H](n2cc(C(N)=O)c(Nc3ccc(F)cc3)n2)[C@@H](C#N)C1. The van der Waals surface area contributed by atoms with Gasteiger partial charge in [0.15, 0.2) is 5.82 Å². The van der Waals surface area contributed by atoms with Crippen LogP contribution >= 0.6 is 0 Å². The van der Waals surface area contributed by atoms with E-state index in [1.807, 2.05) is 0 Å². The average Bonchev–Trinajstić information content (AvgIpc) is 3.13. The van der Waals surface area contributed by atoms with Crippen LogP contribution in [0.2, 0.25) is 0 Å². The number of nitrogens with two attached hydrogens (primary N) is 1. The van der Waals surface area contributed by atoms with Crippen molar-refractivity contribution >= 4 is 23.5 Å². The lowest BCUT2D eigenvalue weighted by molar-refractivity contribution is 0.0815. The first kappa shape index (κ1) is 20.1. The van der Waals surface area contributed by atoms with Crippen LogP contribution < -0.4 is 11.1 Å². The third-order valence-corrected chi connectivity index (χ3v) is 4.71. The van der Waals surface area contributed by atoms with Crippen molar-refractivity contribution in [3.63, 3.8) is 0 Å². The molecule has 0 radical (unpaired) electrons. The van der Waals surface area contributed by atoms with Gasteiger partial charge in [0, 0.05) is 25.0 Å². The Kier molecular flexibility index (Phi) is 5.97. The maximum Gasteiger partial charge on any atom is 0.409 e. The van der Waals surface area contributed by atoms with E-state index in [0.29, 0.717) is 18.7 Å². The smallest absolute Gasteiger partial charge is 0.409 e. The molecule has 2 aromatic rings. The lowest BCUT2D eigenvalue weighted by Crippen LogP contribution is -2.44. The number of primary amides is 1. The van der Waals surface area contributed by atoms with E-state index in [9.17, 15) is 19.2 Å².